The minimum Gasteiger partial charge on any atom is -0.372 e. The first kappa shape index (κ1) is 21.7. The van der Waals surface area contributed by atoms with Gasteiger partial charge < -0.3 is 10.2 Å². The fraction of sp³-hybridized carbons (Fsp3) is 0.333. The molecule has 0 unspecified atom stereocenters. The summed E-state index contributed by atoms with van der Waals surface area (Å²) in [6, 6.07) is 14.7. The van der Waals surface area contributed by atoms with Gasteiger partial charge in [0.05, 0.1) is 6.54 Å². The SMILES string of the molecule is CCN(CC)c1ccc(C(=O)NNC(=O)CN[C@H](C)c2ccc(Cl)cc2)cc1. The molecule has 150 valence electrons. The van der Waals surface area contributed by atoms with Gasteiger partial charge in [-0.15, -0.1) is 0 Å². The van der Waals surface area contributed by atoms with Gasteiger partial charge in [-0.2, -0.15) is 0 Å². The normalized spacial score (nSPS) is 11.6. The minimum atomic E-state index is -0.356. The molecule has 0 aliphatic heterocycles. The Morgan fingerprint density at radius 3 is 2.14 bits per heavy atom. The van der Waals surface area contributed by atoms with Crippen molar-refractivity contribution in [2.45, 2.75) is 26.8 Å². The Balaban J connectivity index is 1.78. The van der Waals surface area contributed by atoms with Crippen LogP contribution in [0.2, 0.25) is 5.02 Å². The van der Waals surface area contributed by atoms with Crippen LogP contribution in [0.5, 0.6) is 0 Å². The predicted octanol–water partition coefficient (Wildman–Crippen LogP) is 3.30. The number of carbonyl (C=O) groups excluding carboxylic acids is 2. The Hall–Kier alpha value is -2.57. The molecular formula is C21H27ClN4O2. The van der Waals surface area contributed by atoms with Crippen molar-refractivity contribution in [3.63, 3.8) is 0 Å². The fourth-order valence-electron chi connectivity index (χ4n) is 2.77. The van der Waals surface area contributed by atoms with Crippen LogP contribution in [0.3, 0.4) is 0 Å². The van der Waals surface area contributed by atoms with Crippen LogP contribution in [0.1, 0.15) is 42.7 Å². The molecule has 1 atom stereocenters. The highest BCUT2D eigenvalue weighted by atomic mass is 35.5. The molecule has 3 N–H and O–H groups in total. The largest absolute Gasteiger partial charge is 0.372 e. The van der Waals surface area contributed by atoms with Crippen molar-refractivity contribution < 1.29 is 9.59 Å². The summed E-state index contributed by atoms with van der Waals surface area (Å²) in [7, 11) is 0. The number of hydrogen-bond donors (Lipinski definition) is 3. The molecule has 0 heterocycles. The van der Waals surface area contributed by atoms with Gasteiger partial charge in [-0.3, -0.25) is 20.4 Å². The Morgan fingerprint density at radius 1 is 0.964 bits per heavy atom. The quantitative estimate of drug-likeness (QED) is 0.592. The highest BCUT2D eigenvalue weighted by Crippen LogP contribution is 2.16. The number of amides is 2. The van der Waals surface area contributed by atoms with Gasteiger partial charge in [0.2, 0.25) is 0 Å². The van der Waals surface area contributed by atoms with E-state index < -0.39 is 0 Å². The Kier molecular flexibility index (Phi) is 8.29. The zero-order valence-corrected chi connectivity index (χ0v) is 17.2. The van der Waals surface area contributed by atoms with Crippen molar-refractivity contribution in [2.75, 3.05) is 24.5 Å². The number of hydrogen-bond acceptors (Lipinski definition) is 4. The van der Waals surface area contributed by atoms with Gasteiger partial charge in [0, 0.05) is 35.4 Å². The van der Waals surface area contributed by atoms with Gasteiger partial charge in [0.15, 0.2) is 0 Å². The first-order chi connectivity index (χ1) is 13.4. The van der Waals surface area contributed by atoms with Crippen molar-refractivity contribution in [1.29, 1.82) is 0 Å². The molecular weight excluding hydrogens is 376 g/mol. The van der Waals surface area contributed by atoms with E-state index in [1.165, 1.54) is 0 Å². The van der Waals surface area contributed by atoms with Gasteiger partial charge >= 0.3 is 0 Å². The van der Waals surface area contributed by atoms with E-state index in [0.717, 1.165) is 24.3 Å². The lowest BCUT2D eigenvalue weighted by atomic mass is 10.1. The Labute approximate surface area is 171 Å². The maximum atomic E-state index is 12.2. The molecule has 0 bridgehead atoms. The van der Waals surface area contributed by atoms with Crippen LogP contribution in [-0.2, 0) is 4.79 Å². The summed E-state index contributed by atoms with van der Waals surface area (Å²) in [6.45, 7) is 8.00. The number of hydrazine groups is 1. The molecule has 2 aromatic carbocycles. The zero-order chi connectivity index (χ0) is 20.5. The summed E-state index contributed by atoms with van der Waals surface area (Å²) in [5, 5.41) is 3.77. The topological polar surface area (TPSA) is 73.5 Å². The van der Waals surface area contributed by atoms with E-state index in [0.29, 0.717) is 10.6 Å². The summed E-state index contributed by atoms with van der Waals surface area (Å²) in [4.78, 5) is 26.4. The number of rotatable bonds is 8. The lowest BCUT2D eigenvalue weighted by Gasteiger charge is -2.21. The molecule has 7 heteroatoms. The van der Waals surface area contributed by atoms with Crippen LogP contribution in [0.25, 0.3) is 0 Å². The molecule has 0 saturated heterocycles. The van der Waals surface area contributed by atoms with Gasteiger partial charge in [-0.05, 0) is 62.7 Å². The van der Waals surface area contributed by atoms with E-state index in [4.69, 9.17) is 11.6 Å². The van der Waals surface area contributed by atoms with Crippen LogP contribution >= 0.6 is 11.6 Å². The van der Waals surface area contributed by atoms with Crippen molar-refractivity contribution in [3.8, 4) is 0 Å². The second-order valence-corrected chi connectivity index (χ2v) is 6.81. The third kappa shape index (κ3) is 6.25. The maximum absolute atomic E-state index is 12.2. The smallest absolute Gasteiger partial charge is 0.269 e. The molecule has 0 fully saturated rings. The first-order valence-electron chi connectivity index (χ1n) is 9.37. The van der Waals surface area contributed by atoms with Crippen molar-refractivity contribution in [2.24, 2.45) is 0 Å². The number of halogens is 1. The highest BCUT2D eigenvalue weighted by Gasteiger charge is 2.10. The van der Waals surface area contributed by atoms with Gasteiger partial charge in [-0.25, -0.2) is 0 Å². The zero-order valence-electron chi connectivity index (χ0n) is 16.5. The predicted molar refractivity (Wildman–Crippen MR) is 113 cm³/mol. The summed E-state index contributed by atoms with van der Waals surface area (Å²) >= 11 is 5.88. The number of nitrogens with one attached hydrogen (secondary N) is 3. The molecule has 0 radical (unpaired) electrons. The fourth-order valence-corrected chi connectivity index (χ4v) is 2.90. The third-order valence-corrected chi connectivity index (χ3v) is 4.76. The Morgan fingerprint density at radius 2 is 1.57 bits per heavy atom. The molecule has 0 aliphatic carbocycles. The average Bonchev–Trinajstić information content (AvgIpc) is 2.72. The van der Waals surface area contributed by atoms with E-state index >= 15 is 0 Å². The standard InChI is InChI=1S/C21H27ClN4O2/c1-4-26(5-2)19-12-8-17(9-13-19)21(28)25-24-20(27)14-23-15(3)16-6-10-18(22)11-7-16/h6-13,15,23H,4-5,14H2,1-3H3,(H,24,27)(H,25,28)/t15-/m1/s1. The molecule has 0 saturated carbocycles. The number of carbonyl (C=O) groups is 2. The summed E-state index contributed by atoms with van der Waals surface area (Å²) in [6.07, 6.45) is 0. The molecule has 6 nitrogen and oxygen atoms in total. The van der Waals surface area contributed by atoms with E-state index in [9.17, 15) is 9.59 Å². The monoisotopic (exact) mass is 402 g/mol. The second kappa shape index (κ2) is 10.7. The average molecular weight is 403 g/mol. The Bertz CT molecular complexity index is 774. The lowest BCUT2D eigenvalue weighted by Crippen LogP contribution is -2.45. The summed E-state index contributed by atoms with van der Waals surface area (Å²) in [5.41, 5.74) is 7.43. The third-order valence-electron chi connectivity index (χ3n) is 4.51. The number of nitrogens with zero attached hydrogens (tertiary/aromatic N) is 1. The minimum absolute atomic E-state index is 0.0219. The second-order valence-electron chi connectivity index (χ2n) is 6.38. The van der Waals surface area contributed by atoms with E-state index in [-0.39, 0.29) is 24.4 Å². The first-order valence-corrected chi connectivity index (χ1v) is 9.75. The summed E-state index contributed by atoms with van der Waals surface area (Å²) in [5.74, 6) is -0.681. The lowest BCUT2D eigenvalue weighted by molar-refractivity contribution is -0.121. The molecule has 0 aliphatic rings. The molecule has 28 heavy (non-hydrogen) atoms. The highest BCUT2D eigenvalue weighted by molar-refractivity contribution is 6.30. The molecule has 0 aromatic heterocycles. The van der Waals surface area contributed by atoms with Crippen molar-refractivity contribution in [3.05, 3.63) is 64.7 Å². The van der Waals surface area contributed by atoms with Gasteiger partial charge in [0.25, 0.3) is 11.8 Å². The molecule has 0 spiro atoms. The van der Waals surface area contributed by atoms with Gasteiger partial charge in [-0.1, -0.05) is 23.7 Å². The van der Waals surface area contributed by atoms with Crippen LogP contribution in [0.15, 0.2) is 48.5 Å². The van der Waals surface area contributed by atoms with E-state index in [1.807, 2.05) is 31.2 Å². The maximum Gasteiger partial charge on any atom is 0.269 e. The molecule has 2 amide bonds. The molecule has 2 aromatic rings. The van der Waals surface area contributed by atoms with E-state index in [1.54, 1.807) is 24.3 Å². The van der Waals surface area contributed by atoms with Crippen LogP contribution in [0, 0.1) is 0 Å². The van der Waals surface area contributed by atoms with E-state index in [2.05, 4.69) is 34.9 Å². The number of anilines is 1. The van der Waals surface area contributed by atoms with Crippen LogP contribution in [0.4, 0.5) is 5.69 Å². The summed E-state index contributed by atoms with van der Waals surface area (Å²) < 4.78 is 0. The van der Waals surface area contributed by atoms with Crippen LogP contribution in [-0.4, -0.2) is 31.4 Å². The molecule has 2 rings (SSSR count). The van der Waals surface area contributed by atoms with Crippen LogP contribution < -0.4 is 21.1 Å². The van der Waals surface area contributed by atoms with Crippen molar-refractivity contribution in [1.82, 2.24) is 16.2 Å². The van der Waals surface area contributed by atoms with Gasteiger partial charge in [0.1, 0.15) is 0 Å². The van der Waals surface area contributed by atoms with Crippen molar-refractivity contribution >= 4 is 29.1 Å². The number of benzene rings is 2.